The zero-order valence-corrected chi connectivity index (χ0v) is 14.3. The van der Waals surface area contributed by atoms with Gasteiger partial charge in [-0.15, -0.1) is 0 Å². The fourth-order valence-corrected chi connectivity index (χ4v) is 2.87. The number of rotatable bonds is 5. The third kappa shape index (κ3) is 3.21. The van der Waals surface area contributed by atoms with Gasteiger partial charge in [0.1, 0.15) is 5.76 Å². The fraction of sp³-hybridized carbons (Fsp3) is 0.222. The van der Waals surface area contributed by atoms with Gasteiger partial charge in [0.2, 0.25) is 0 Å². The summed E-state index contributed by atoms with van der Waals surface area (Å²) >= 11 is 6.08. The van der Waals surface area contributed by atoms with Crippen molar-refractivity contribution < 1.29 is 9.21 Å². The van der Waals surface area contributed by atoms with Gasteiger partial charge in [0.25, 0.3) is 5.91 Å². The van der Waals surface area contributed by atoms with Gasteiger partial charge in [-0.3, -0.25) is 4.79 Å². The smallest absolute Gasteiger partial charge is 0.255 e. The molecular formula is C18H18ClN3O2. The van der Waals surface area contributed by atoms with Crippen molar-refractivity contribution in [3.05, 3.63) is 70.4 Å². The Morgan fingerprint density at radius 2 is 2.17 bits per heavy atom. The summed E-state index contributed by atoms with van der Waals surface area (Å²) in [7, 11) is 0. The Morgan fingerprint density at radius 3 is 2.83 bits per heavy atom. The Kier molecular flexibility index (Phi) is 4.71. The molecule has 124 valence electrons. The second-order valence-corrected chi connectivity index (χ2v) is 5.85. The van der Waals surface area contributed by atoms with Gasteiger partial charge in [0.15, 0.2) is 0 Å². The monoisotopic (exact) mass is 343 g/mol. The first-order chi connectivity index (χ1) is 11.6. The van der Waals surface area contributed by atoms with Crippen LogP contribution < -0.4 is 5.32 Å². The standard InChI is InChI=1S/C18H18ClN3O2/c1-3-16-17(18(23)20-11-15-8-5-9-24-15)12(2)21-22(16)14-7-4-6-13(19)10-14/h4-10H,3,11H2,1-2H3,(H,20,23). The maximum absolute atomic E-state index is 12.6. The molecule has 0 spiro atoms. The average molecular weight is 344 g/mol. The van der Waals surface area contributed by atoms with E-state index in [1.807, 2.05) is 44.2 Å². The van der Waals surface area contributed by atoms with E-state index >= 15 is 0 Å². The van der Waals surface area contributed by atoms with E-state index in [-0.39, 0.29) is 5.91 Å². The fourth-order valence-electron chi connectivity index (χ4n) is 2.69. The van der Waals surface area contributed by atoms with Crippen LogP contribution in [0.5, 0.6) is 0 Å². The van der Waals surface area contributed by atoms with Crippen LogP contribution in [0.15, 0.2) is 47.1 Å². The number of benzene rings is 1. The van der Waals surface area contributed by atoms with E-state index in [9.17, 15) is 4.79 Å². The Balaban J connectivity index is 1.92. The Hall–Kier alpha value is -2.53. The topological polar surface area (TPSA) is 60.1 Å². The van der Waals surface area contributed by atoms with Crippen LogP contribution in [0.25, 0.3) is 5.69 Å². The molecule has 0 bridgehead atoms. The molecule has 1 amide bonds. The third-order valence-corrected chi connectivity index (χ3v) is 4.01. The van der Waals surface area contributed by atoms with Crippen molar-refractivity contribution in [1.29, 1.82) is 0 Å². The molecule has 0 aliphatic heterocycles. The van der Waals surface area contributed by atoms with Crippen molar-refractivity contribution in [2.45, 2.75) is 26.8 Å². The van der Waals surface area contributed by atoms with E-state index in [1.165, 1.54) is 0 Å². The third-order valence-electron chi connectivity index (χ3n) is 3.77. The van der Waals surface area contributed by atoms with Crippen LogP contribution in [0.3, 0.4) is 0 Å². The second kappa shape index (κ2) is 6.93. The lowest BCUT2D eigenvalue weighted by atomic mass is 10.1. The molecule has 2 aromatic heterocycles. The molecule has 1 N–H and O–H groups in total. The molecular weight excluding hydrogens is 326 g/mol. The molecule has 0 saturated carbocycles. The lowest BCUT2D eigenvalue weighted by molar-refractivity contribution is 0.0946. The van der Waals surface area contributed by atoms with Crippen LogP contribution in [0.2, 0.25) is 5.02 Å². The van der Waals surface area contributed by atoms with E-state index in [4.69, 9.17) is 16.0 Å². The molecule has 0 aliphatic carbocycles. The maximum Gasteiger partial charge on any atom is 0.255 e. The highest BCUT2D eigenvalue weighted by molar-refractivity contribution is 6.30. The molecule has 5 nitrogen and oxygen atoms in total. The molecule has 2 heterocycles. The number of halogens is 1. The summed E-state index contributed by atoms with van der Waals surface area (Å²) in [6.45, 7) is 4.18. The first-order valence-electron chi connectivity index (χ1n) is 7.75. The normalized spacial score (nSPS) is 10.8. The SMILES string of the molecule is CCc1c(C(=O)NCc2ccco2)c(C)nn1-c1cccc(Cl)c1. The Bertz CT molecular complexity index is 853. The maximum atomic E-state index is 12.6. The van der Waals surface area contributed by atoms with E-state index in [1.54, 1.807) is 17.0 Å². The Labute approximate surface area is 145 Å². The number of carbonyl (C=O) groups is 1. The predicted molar refractivity (Wildman–Crippen MR) is 92.6 cm³/mol. The summed E-state index contributed by atoms with van der Waals surface area (Å²) in [6, 6.07) is 11.0. The van der Waals surface area contributed by atoms with Gasteiger partial charge in [0, 0.05) is 5.02 Å². The molecule has 0 aliphatic rings. The zero-order valence-electron chi connectivity index (χ0n) is 13.5. The number of aryl methyl sites for hydroxylation is 1. The van der Waals surface area contributed by atoms with Crippen molar-refractivity contribution in [3.63, 3.8) is 0 Å². The number of hydrogen-bond donors (Lipinski definition) is 1. The molecule has 1 aromatic carbocycles. The predicted octanol–water partition coefficient (Wildman–Crippen LogP) is 3.92. The molecule has 24 heavy (non-hydrogen) atoms. The zero-order chi connectivity index (χ0) is 17.1. The minimum Gasteiger partial charge on any atom is -0.467 e. The van der Waals surface area contributed by atoms with E-state index in [0.717, 1.165) is 11.4 Å². The lowest BCUT2D eigenvalue weighted by Gasteiger charge is -2.08. The summed E-state index contributed by atoms with van der Waals surface area (Å²) in [5.41, 5.74) is 2.98. The molecule has 6 heteroatoms. The summed E-state index contributed by atoms with van der Waals surface area (Å²) in [5, 5.41) is 8.04. The van der Waals surface area contributed by atoms with E-state index in [0.29, 0.717) is 35.0 Å². The number of nitrogens with one attached hydrogen (secondary N) is 1. The van der Waals surface area contributed by atoms with Crippen molar-refractivity contribution in [2.75, 3.05) is 0 Å². The highest BCUT2D eigenvalue weighted by atomic mass is 35.5. The van der Waals surface area contributed by atoms with Gasteiger partial charge in [-0.1, -0.05) is 24.6 Å². The molecule has 0 saturated heterocycles. The van der Waals surface area contributed by atoms with Crippen molar-refractivity contribution >= 4 is 17.5 Å². The van der Waals surface area contributed by atoms with Crippen LogP contribution in [0.1, 0.15) is 34.4 Å². The van der Waals surface area contributed by atoms with Gasteiger partial charge < -0.3 is 9.73 Å². The number of furan rings is 1. The Morgan fingerprint density at radius 1 is 1.33 bits per heavy atom. The van der Waals surface area contributed by atoms with Crippen LogP contribution in [-0.2, 0) is 13.0 Å². The summed E-state index contributed by atoms with van der Waals surface area (Å²) in [4.78, 5) is 12.6. The van der Waals surface area contributed by atoms with Gasteiger partial charge in [-0.05, 0) is 43.7 Å². The second-order valence-electron chi connectivity index (χ2n) is 5.41. The largest absolute Gasteiger partial charge is 0.467 e. The first-order valence-corrected chi connectivity index (χ1v) is 8.13. The molecule has 0 atom stereocenters. The molecule has 0 unspecified atom stereocenters. The van der Waals surface area contributed by atoms with Crippen LogP contribution in [0.4, 0.5) is 0 Å². The van der Waals surface area contributed by atoms with E-state index < -0.39 is 0 Å². The summed E-state index contributed by atoms with van der Waals surface area (Å²) in [6.07, 6.45) is 2.26. The molecule has 3 rings (SSSR count). The quantitative estimate of drug-likeness (QED) is 0.763. The minimum absolute atomic E-state index is 0.158. The number of amides is 1. The van der Waals surface area contributed by atoms with Crippen LogP contribution in [-0.4, -0.2) is 15.7 Å². The highest BCUT2D eigenvalue weighted by Gasteiger charge is 2.21. The first kappa shape index (κ1) is 16.3. The highest BCUT2D eigenvalue weighted by Crippen LogP contribution is 2.21. The summed E-state index contributed by atoms with van der Waals surface area (Å²) < 4.78 is 7.02. The van der Waals surface area contributed by atoms with Crippen molar-refractivity contribution in [1.82, 2.24) is 15.1 Å². The van der Waals surface area contributed by atoms with Gasteiger partial charge in [-0.25, -0.2) is 4.68 Å². The van der Waals surface area contributed by atoms with Crippen molar-refractivity contribution in [3.8, 4) is 5.69 Å². The number of carbonyl (C=O) groups excluding carboxylic acids is 1. The average Bonchev–Trinajstić information content (AvgIpc) is 3.19. The van der Waals surface area contributed by atoms with Gasteiger partial charge in [-0.2, -0.15) is 5.10 Å². The lowest BCUT2D eigenvalue weighted by Crippen LogP contribution is -2.24. The van der Waals surface area contributed by atoms with Crippen LogP contribution >= 0.6 is 11.6 Å². The minimum atomic E-state index is -0.158. The number of nitrogens with zero attached hydrogens (tertiary/aromatic N) is 2. The van der Waals surface area contributed by atoms with Gasteiger partial charge >= 0.3 is 0 Å². The van der Waals surface area contributed by atoms with Crippen LogP contribution in [0, 0.1) is 6.92 Å². The van der Waals surface area contributed by atoms with Crippen molar-refractivity contribution in [2.24, 2.45) is 0 Å². The molecule has 0 fully saturated rings. The van der Waals surface area contributed by atoms with E-state index in [2.05, 4.69) is 10.4 Å². The number of hydrogen-bond acceptors (Lipinski definition) is 3. The molecule has 0 radical (unpaired) electrons. The molecule has 3 aromatic rings. The van der Waals surface area contributed by atoms with Gasteiger partial charge in [0.05, 0.1) is 35.4 Å². The number of aromatic nitrogens is 2. The summed E-state index contributed by atoms with van der Waals surface area (Å²) in [5.74, 6) is 0.551.